The summed E-state index contributed by atoms with van der Waals surface area (Å²) in [4.78, 5) is 79.9. The number of halogens is 6. The van der Waals surface area contributed by atoms with Crippen LogP contribution in [-0.4, -0.2) is 116 Å². The molecular formula is C46H48F6N6O11. The summed E-state index contributed by atoms with van der Waals surface area (Å²) in [7, 11) is 2.98. The third-order valence-electron chi connectivity index (χ3n) is 12.2. The molecule has 2 aromatic heterocycles. The lowest BCUT2D eigenvalue weighted by Gasteiger charge is -2.38. The number of pyridine rings is 2. The van der Waals surface area contributed by atoms with Gasteiger partial charge in [-0.1, -0.05) is 12.2 Å². The average molecular weight is 975 g/mol. The number of carbonyl (C=O) groups is 4. The Kier molecular flexibility index (Phi) is 15.7. The maximum atomic E-state index is 13.9. The molecule has 6 atom stereocenters. The Morgan fingerprint density at radius 1 is 0.667 bits per heavy atom. The molecule has 4 aromatic rings. The van der Waals surface area contributed by atoms with Crippen molar-refractivity contribution in [3.63, 3.8) is 0 Å². The monoisotopic (exact) mass is 974 g/mol. The van der Waals surface area contributed by atoms with E-state index in [1.165, 1.54) is 28.3 Å². The van der Waals surface area contributed by atoms with Gasteiger partial charge in [0.1, 0.15) is 46.0 Å². The first-order chi connectivity index (χ1) is 32.7. The first-order valence-electron chi connectivity index (χ1n) is 21.4. The van der Waals surface area contributed by atoms with Crippen LogP contribution in [0.5, 0.6) is 11.5 Å². The molecule has 23 heteroatoms. The molecular weight excluding hydrogens is 927 g/mol. The van der Waals surface area contributed by atoms with Gasteiger partial charge in [0.05, 0.1) is 24.3 Å². The van der Waals surface area contributed by atoms with Crippen LogP contribution in [0.1, 0.15) is 98.5 Å². The Morgan fingerprint density at radius 3 is 1.52 bits per heavy atom. The molecule has 370 valence electrons. The molecule has 1 fully saturated rings. The Morgan fingerprint density at radius 2 is 1.09 bits per heavy atom. The van der Waals surface area contributed by atoms with E-state index in [1.54, 1.807) is 30.9 Å². The zero-order valence-corrected chi connectivity index (χ0v) is 37.7. The molecule has 69 heavy (non-hydrogen) atoms. The lowest BCUT2D eigenvalue weighted by atomic mass is 10.0. The molecule has 0 spiro atoms. The maximum absolute atomic E-state index is 13.9. The van der Waals surface area contributed by atoms with Crippen LogP contribution >= 0.6 is 0 Å². The summed E-state index contributed by atoms with van der Waals surface area (Å²) in [6.07, 6.45) is 6.21. The van der Waals surface area contributed by atoms with Crippen LogP contribution in [0.2, 0.25) is 0 Å². The van der Waals surface area contributed by atoms with E-state index in [1.807, 2.05) is 6.92 Å². The van der Waals surface area contributed by atoms with E-state index in [2.05, 4.69) is 10.6 Å². The summed E-state index contributed by atoms with van der Waals surface area (Å²) in [6, 6.07) is 0.421. The van der Waals surface area contributed by atoms with Gasteiger partial charge in [-0.25, -0.2) is 26.3 Å². The quantitative estimate of drug-likeness (QED) is 0.126. The topological polar surface area (TPSA) is 222 Å². The molecule has 8 rings (SSSR count). The fraction of sp³-hybridized carbons (Fsp3) is 0.391. The number of hydrogen-bond donors (Lipinski definition) is 5. The number of aliphatic hydroxyl groups excluding tert-OH is 1. The van der Waals surface area contributed by atoms with Crippen molar-refractivity contribution in [1.29, 1.82) is 0 Å². The van der Waals surface area contributed by atoms with E-state index < -0.39 is 134 Å². The van der Waals surface area contributed by atoms with Crippen molar-refractivity contribution in [2.24, 2.45) is 0 Å². The number of aromatic hydroxyl groups is 2. The minimum Gasteiger partial charge on any atom is -0.503 e. The van der Waals surface area contributed by atoms with Crippen molar-refractivity contribution in [2.45, 2.75) is 83.1 Å². The Labute approximate surface area is 389 Å². The molecule has 4 bridgehead atoms. The highest BCUT2D eigenvalue weighted by atomic mass is 19.2. The number of amides is 4. The van der Waals surface area contributed by atoms with E-state index in [0.717, 1.165) is 12.4 Å². The van der Waals surface area contributed by atoms with Gasteiger partial charge < -0.3 is 54.4 Å². The number of fused-ring (bicyclic) bond motifs is 8. The van der Waals surface area contributed by atoms with Gasteiger partial charge in [-0.15, -0.1) is 0 Å². The maximum Gasteiger partial charge on any atom is 0.275 e. The second-order valence-electron chi connectivity index (χ2n) is 16.4. The van der Waals surface area contributed by atoms with E-state index in [0.29, 0.717) is 37.1 Å². The van der Waals surface area contributed by atoms with Gasteiger partial charge in [-0.3, -0.25) is 28.8 Å². The normalized spacial score (nSPS) is 21.1. The molecule has 4 amide bonds. The summed E-state index contributed by atoms with van der Waals surface area (Å²) < 4.78 is 95.4. The van der Waals surface area contributed by atoms with Crippen LogP contribution in [0, 0.1) is 34.9 Å². The molecule has 0 unspecified atom stereocenters. The van der Waals surface area contributed by atoms with Crippen LogP contribution in [0.4, 0.5) is 26.3 Å². The van der Waals surface area contributed by atoms with Crippen molar-refractivity contribution >= 4 is 23.6 Å². The van der Waals surface area contributed by atoms with Gasteiger partial charge in [0.15, 0.2) is 22.9 Å². The number of carbonyl (C=O) groups excluding carboxylic acids is 4. The molecule has 0 saturated carbocycles. The van der Waals surface area contributed by atoms with Gasteiger partial charge in [0, 0.05) is 107 Å². The minimum atomic E-state index is -1.20. The number of methoxy groups -OCH3 is 2. The van der Waals surface area contributed by atoms with Crippen molar-refractivity contribution in [2.75, 3.05) is 33.9 Å². The molecule has 5 N–H and O–H groups in total. The highest BCUT2D eigenvalue weighted by molar-refractivity contribution is 6.00. The second-order valence-corrected chi connectivity index (χ2v) is 16.4. The molecule has 6 heterocycles. The standard InChI is InChI=1S/C22H22F3N3O5.C22H20F3N3O5.C2H6O/c2*1-10-3-4-17(33-2)16-9-27(10)22(32)18-20(30)19(29)13(8-28(16)18)21(31)26-7-12-14(24)5-11(23)6-15(12)25;1-2-3/h5-6,8,10,16-17,30H,3-4,7,9H2,1-2H3,(H,26,31);3-6,8,10,16-17,30H,7,9H2,1-2H3,(H,26,31);3H,2H2,1H3/t2*10-,16+,17+;/m00./s1. The molecule has 2 aromatic carbocycles. The number of rotatable bonds is 8. The number of ether oxygens (including phenoxy) is 2. The van der Waals surface area contributed by atoms with Crippen LogP contribution in [-0.2, 0) is 22.6 Å². The lowest BCUT2D eigenvalue weighted by molar-refractivity contribution is 0.0329. The summed E-state index contributed by atoms with van der Waals surface area (Å²) >= 11 is 0. The van der Waals surface area contributed by atoms with Crippen molar-refractivity contribution in [3.8, 4) is 11.5 Å². The van der Waals surface area contributed by atoms with Gasteiger partial charge in [0.25, 0.3) is 23.6 Å². The largest absolute Gasteiger partial charge is 0.503 e. The second kappa shape index (κ2) is 21.1. The fourth-order valence-corrected chi connectivity index (χ4v) is 8.59. The van der Waals surface area contributed by atoms with Crippen molar-refractivity contribution < 1.29 is 70.3 Å². The zero-order valence-electron chi connectivity index (χ0n) is 37.7. The highest BCUT2D eigenvalue weighted by Crippen LogP contribution is 2.36. The summed E-state index contributed by atoms with van der Waals surface area (Å²) in [5.41, 5.74) is -4.94. The van der Waals surface area contributed by atoms with Crippen LogP contribution in [0.3, 0.4) is 0 Å². The smallest absolute Gasteiger partial charge is 0.275 e. The number of aliphatic hydroxyl groups is 1. The number of nitrogens with one attached hydrogen (secondary N) is 2. The first kappa shape index (κ1) is 51.4. The summed E-state index contributed by atoms with van der Waals surface area (Å²) in [6.45, 7) is 4.72. The van der Waals surface area contributed by atoms with E-state index in [4.69, 9.17) is 14.6 Å². The van der Waals surface area contributed by atoms with Gasteiger partial charge in [0.2, 0.25) is 10.9 Å². The average Bonchev–Trinajstić information content (AvgIpc) is 3.54. The number of nitrogens with zero attached hydrogens (tertiary/aromatic N) is 4. The lowest BCUT2D eigenvalue weighted by Crippen LogP contribution is -2.49. The van der Waals surface area contributed by atoms with E-state index >= 15 is 0 Å². The predicted molar refractivity (Wildman–Crippen MR) is 232 cm³/mol. The fourth-order valence-electron chi connectivity index (χ4n) is 8.59. The van der Waals surface area contributed by atoms with Gasteiger partial charge in [-0.2, -0.15) is 0 Å². The third-order valence-corrected chi connectivity index (χ3v) is 12.2. The SMILES string of the molecule is CCO.CO[C@@H]1C=C[C@H](C)N2C[C@H]1n1cc(C(=O)NCc3c(F)cc(F)cc3F)c(=O)c(O)c1C2=O.CO[C@@H]1CC[C@H](C)N2C[C@H]1n1cc(C(=O)NCc3c(F)cc(F)cc3F)c(=O)c(O)c1C2=O. The molecule has 17 nitrogen and oxygen atoms in total. The van der Waals surface area contributed by atoms with Crippen LogP contribution in [0.25, 0.3) is 0 Å². The zero-order chi connectivity index (χ0) is 50.8. The van der Waals surface area contributed by atoms with Gasteiger partial charge >= 0.3 is 0 Å². The van der Waals surface area contributed by atoms with E-state index in [9.17, 15) is 65.3 Å². The molecule has 0 radical (unpaired) electrons. The molecule has 1 saturated heterocycles. The predicted octanol–water partition coefficient (Wildman–Crippen LogP) is 3.97. The highest BCUT2D eigenvalue weighted by Gasteiger charge is 2.44. The minimum absolute atomic E-state index is 0.133. The molecule has 4 aliphatic heterocycles. The molecule has 0 aliphatic carbocycles. The van der Waals surface area contributed by atoms with Crippen molar-refractivity contribution in [1.82, 2.24) is 29.6 Å². The number of hydrogen-bond acceptors (Lipinski definition) is 11. The third kappa shape index (κ3) is 10.1. The molecule has 4 aliphatic rings. The summed E-state index contributed by atoms with van der Waals surface area (Å²) in [5, 5.41) is 33.1. The number of benzene rings is 2. The van der Waals surface area contributed by atoms with Gasteiger partial charge in [-0.05, 0) is 33.6 Å². The van der Waals surface area contributed by atoms with E-state index in [-0.39, 0.29) is 49.3 Å². The summed E-state index contributed by atoms with van der Waals surface area (Å²) in [5.74, 6) is -12.0. The van der Waals surface area contributed by atoms with Crippen LogP contribution in [0.15, 0.2) is 58.4 Å². The Balaban J connectivity index is 0.000000215. The Bertz CT molecular complexity index is 2770. The number of aromatic nitrogens is 2. The van der Waals surface area contributed by atoms with Crippen molar-refractivity contribution in [3.05, 3.63) is 138 Å². The first-order valence-corrected chi connectivity index (χ1v) is 21.4. The van der Waals surface area contributed by atoms with Crippen LogP contribution < -0.4 is 21.5 Å². The Hall–Kier alpha value is -6.98.